The Labute approximate surface area is 308 Å². The summed E-state index contributed by atoms with van der Waals surface area (Å²) in [4.78, 5) is 54.8. The van der Waals surface area contributed by atoms with Crippen molar-refractivity contribution in [2.75, 3.05) is 23.8 Å². The van der Waals surface area contributed by atoms with E-state index < -0.39 is 11.9 Å². The van der Waals surface area contributed by atoms with E-state index in [1.807, 2.05) is 13.8 Å². The van der Waals surface area contributed by atoms with Crippen LogP contribution in [0.5, 0.6) is 0 Å². The van der Waals surface area contributed by atoms with Crippen molar-refractivity contribution in [2.45, 2.75) is 60.3 Å². The number of esters is 2. The van der Waals surface area contributed by atoms with Gasteiger partial charge in [-0.3, -0.25) is 14.4 Å². The standard InChI is InChI=1S/C15H16N2O4S.C8H9BrN2OS.C7H7O3.C2H5.Zn/c1-3-20-14(19)11-7-6-10(21-11)12-8(2)16-15(22-12)17-13(18)9-4-5-9;1-4-6(9)13-8(10-4)11-7(12)5-2-3-5;1-2-9-7(8)6-4-3-5-10-6;1-2;/h6-7,9H,3-5H2,1-2H3,(H,16,17,18);5H,2-3H2,1H3,(H,10,11,12);3-4H,2H2,1H3;1H2,2H3;/q;;2*-1;+2. The molecule has 2 aliphatic rings. The van der Waals surface area contributed by atoms with Crippen molar-refractivity contribution in [1.29, 1.82) is 0 Å². The molecule has 0 aliphatic heterocycles. The van der Waals surface area contributed by atoms with E-state index in [9.17, 15) is 19.2 Å². The summed E-state index contributed by atoms with van der Waals surface area (Å²) in [6.45, 7) is 12.9. The number of rotatable bonds is 9. The van der Waals surface area contributed by atoms with Crippen LogP contribution in [0.1, 0.15) is 79.0 Å². The molecule has 4 heterocycles. The molecule has 2 N–H and O–H groups in total. The molecule has 2 amide bonds. The fourth-order valence-corrected chi connectivity index (χ4v) is 5.72. The second kappa shape index (κ2) is 20.3. The van der Waals surface area contributed by atoms with Gasteiger partial charge in [-0.15, -0.1) is 6.07 Å². The number of nitrogens with zero attached hydrogens (tertiary/aromatic N) is 2. The molecule has 48 heavy (non-hydrogen) atoms. The molecule has 4 aromatic heterocycles. The third kappa shape index (κ3) is 12.7. The molecule has 0 saturated heterocycles. The second-order valence-corrected chi connectivity index (χ2v) is 13.2. The topological polar surface area (TPSA) is 163 Å². The molecule has 2 aliphatic carbocycles. The number of nitrogens with one attached hydrogen (secondary N) is 2. The maximum Gasteiger partial charge on any atom is 2.00 e. The zero-order chi connectivity index (χ0) is 34.5. The maximum absolute atomic E-state index is 11.8. The minimum absolute atomic E-state index is 0. The SMILES string of the molecule is CCOC(=O)c1cc[c-]o1.CCOC(=O)c1ccc(-c2sc(NC(=O)C3CC3)nc2C)o1.Cc1nc(NC(=O)C2CC2)sc1Br.[CH2-]C.[Zn+2]. The number of carbonyl (C=O) groups excluding carboxylic acids is 4. The molecule has 2 fully saturated rings. The number of furan rings is 2. The van der Waals surface area contributed by atoms with Crippen molar-refractivity contribution in [3.05, 3.63) is 64.1 Å². The Bertz CT molecular complexity index is 1610. The van der Waals surface area contributed by atoms with Crippen LogP contribution in [0.25, 0.3) is 10.6 Å². The summed E-state index contributed by atoms with van der Waals surface area (Å²) in [6.07, 6.45) is 6.34. The van der Waals surface area contributed by atoms with Crippen LogP contribution in [0, 0.1) is 38.9 Å². The van der Waals surface area contributed by atoms with Crippen molar-refractivity contribution in [3.8, 4) is 10.6 Å². The summed E-state index contributed by atoms with van der Waals surface area (Å²) in [6, 6.07) is 6.32. The summed E-state index contributed by atoms with van der Waals surface area (Å²) in [5.41, 5.74) is 1.68. The van der Waals surface area contributed by atoms with Gasteiger partial charge < -0.3 is 35.9 Å². The minimum Gasteiger partial charge on any atom is -0.585 e. The quantitative estimate of drug-likeness (QED) is 0.0965. The van der Waals surface area contributed by atoms with E-state index in [0.717, 1.165) is 45.7 Å². The van der Waals surface area contributed by atoms with Crippen LogP contribution in [0.4, 0.5) is 10.3 Å². The predicted molar refractivity (Wildman–Crippen MR) is 182 cm³/mol. The molecule has 254 valence electrons. The first-order valence-corrected chi connectivity index (χ1v) is 17.3. The molecule has 12 nitrogen and oxygen atoms in total. The molecule has 0 atom stereocenters. The summed E-state index contributed by atoms with van der Waals surface area (Å²) in [5.74, 6) is 0.477. The number of ether oxygens (including phenoxy) is 2. The number of hydrogen-bond acceptors (Lipinski definition) is 12. The number of aryl methyl sites for hydroxylation is 2. The molecule has 0 aromatic carbocycles. The monoisotopic (exact) mass is 812 g/mol. The number of amides is 2. The van der Waals surface area contributed by atoms with Crippen LogP contribution in [-0.2, 0) is 38.5 Å². The molecule has 0 spiro atoms. The van der Waals surface area contributed by atoms with Gasteiger partial charge in [0.25, 0.3) is 0 Å². The average Bonchev–Trinajstić information content (AvgIpc) is 3.90. The first-order chi connectivity index (χ1) is 22.6. The van der Waals surface area contributed by atoms with E-state index in [1.54, 1.807) is 32.9 Å². The molecular formula is C32H37BrN4O8S2Zn. The zero-order valence-corrected chi connectivity index (χ0v) is 33.7. The summed E-state index contributed by atoms with van der Waals surface area (Å²) in [7, 11) is 0. The fraction of sp³-hybridized carbons (Fsp3) is 0.406. The van der Waals surface area contributed by atoms with Gasteiger partial charge in [0.15, 0.2) is 10.3 Å². The summed E-state index contributed by atoms with van der Waals surface area (Å²) >= 11 is 6.16. The van der Waals surface area contributed by atoms with Crippen LogP contribution in [-0.4, -0.2) is 46.9 Å². The second-order valence-electron chi connectivity index (χ2n) is 9.86. The molecule has 0 unspecified atom stereocenters. The Morgan fingerprint density at radius 2 is 1.40 bits per heavy atom. The van der Waals surface area contributed by atoms with Gasteiger partial charge in [-0.2, -0.15) is 13.0 Å². The molecule has 2 saturated carbocycles. The Kier molecular flexibility index (Phi) is 17.4. The van der Waals surface area contributed by atoms with E-state index in [4.69, 9.17) is 9.15 Å². The molecule has 4 aromatic rings. The van der Waals surface area contributed by atoms with Gasteiger partial charge in [0.05, 0.1) is 39.0 Å². The van der Waals surface area contributed by atoms with E-state index >= 15 is 0 Å². The molecule has 16 heteroatoms. The van der Waals surface area contributed by atoms with Crippen molar-refractivity contribution in [3.63, 3.8) is 0 Å². The van der Waals surface area contributed by atoms with E-state index in [0.29, 0.717) is 29.2 Å². The van der Waals surface area contributed by atoms with E-state index in [-0.39, 0.29) is 54.6 Å². The first-order valence-electron chi connectivity index (χ1n) is 14.9. The summed E-state index contributed by atoms with van der Waals surface area (Å²) < 4.78 is 20.7. The predicted octanol–water partition coefficient (Wildman–Crippen LogP) is 7.89. The average molecular weight is 815 g/mol. The first kappa shape index (κ1) is 41.0. The van der Waals surface area contributed by atoms with Gasteiger partial charge >= 0.3 is 31.4 Å². The molecule has 0 bridgehead atoms. The zero-order valence-electron chi connectivity index (χ0n) is 27.5. The van der Waals surface area contributed by atoms with Gasteiger partial charge in [0.1, 0.15) is 5.76 Å². The van der Waals surface area contributed by atoms with Gasteiger partial charge in [-0.1, -0.05) is 22.7 Å². The number of thiazole rings is 2. The number of hydrogen-bond donors (Lipinski definition) is 2. The molecular weight excluding hydrogens is 778 g/mol. The number of anilines is 2. The van der Waals surface area contributed by atoms with Crippen LogP contribution in [0.2, 0.25) is 0 Å². The number of aromatic nitrogens is 2. The van der Waals surface area contributed by atoms with Crippen LogP contribution >= 0.6 is 38.6 Å². The van der Waals surface area contributed by atoms with Gasteiger partial charge in [0, 0.05) is 11.8 Å². The van der Waals surface area contributed by atoms with Crippen molar-refractivity contribution < 1.29 is 57.0 Å². The van der Waals surface area contributed by atoms with Crippen LogP contribution in [0.15, 0.2) is 36.9 Å². The van der Waals surface area contributed by atoms with Crippen LogP contribution in [0.3, 0.4) is 0 Å². The maximum atomic E-state index is 11.8. The Balaban J connectivity index is 0.000000263. The largest absolute Gasteiger partial charge is 2.00 e. The number of carbonyl (C=O) groups is 4. The number of halogens is 1. The van der Waals surface area contributed by atoms with Crippen molar-refractivity contribution in [2.24, 2.45) is 11.8 Å². The van der Waals surface area contributed by atoms with Gasteiger partial charge in [-0.25, -0.2) is 14.8 Å². The Hall–Kier alpha value is -3.20. The minimum atomic E-state index is -0.488. The fourth-order valence-electron chi connectivity index (χ4n) is 3.54. The Morgan fingerprint density at radius 1 is 0.875 bits per heavy atom. The summed E-state index contributed by atoms with van der Waals surface area (Å²) in [5, 5.41) is 6.87. The normalized spacial score (nSPS) is 12.7. The van der Waals surface area contributed by atoms with Gasteiger partial charge in [-0.05, 0) is 87.7 Å². The molecule has 6 rings (SSSR count). The third-order valence-corrected chi connectivity index (χ3v) is 9.16. The van der Waals surface area contributed by atoms with Crippen LogP contribution < -0.4 is 10.6 Å². The van der Waals surface area contributed by atoms with Crippen molar-refractivity contribution in [1.82, 2.24) is 9.97 Å². The van der Waals surface area contributed by atoms with E-state index in [1.165, 1.54) is 34.8 Å². The van der Waals surface area contributed by atoms with Gasteiger partial charge in [0.2, 0.25) is 17.6 Å². The smallest absolute Gasteiger partial charge is 0.585 e. The van der Waals surface area contributed by atoms with Crippen molar-refractivity contribution >= 4 is 72.6 Å². The third-order valence-electron chi connectivity index (χ3n) is 6.15. The van der Waals surface area contributed by atoms with E-state index in [2.05, 4.69) is 58.9 Å². The Morgan fingerprint density at radius 3 is 1.85 bits per heavy atom. The molecule has 0 radical (unpaired) electrons.